The summed E-state index contributed by atoms with van der Waals surface area (Å²) in [4.78, 5) is 8.20. The van der Waals surface area contributed by atoms with Gasteiger partial charge in [-0.2, -0.15) is 0 Å². The highest BCUT2D eigenvalue weighted by Crippen LogP contribution is 2.30. The summed E-state index contributed by atoms with van der Waals surface area (Å²) in [7, 11) is 0. The highest BCUT2D eigenvalue weighted by molar-refractivity contribution is 6.03. The van der Waals surface area contributed by atoms with Gasteiger partial charge in [0, 0.05) is 17.1 Å². The van der Waals surface area contributed by atoms with Crippen molar-refractivity contribution in [3.63, 3.8) is 0 Å². The van der Waals surface area contributed by atoms with Gasteiger partial charge in [-0.1, -0.05) is 13.8 Å². The maximum absolute atomic E-state index is 4.71. The Morgan fingerprint density at radius 1 is 1.05 bits per heavy atom. The zero-order valence-corrected chi connectivity index (χ0v) is 12.9. The third kappa shape index (κ3) is 2.32. The first kappa shape index (κ1) is 13.9. The minimum Gasteiger partial charge on any atom is -0.359 e. The van der Waals surface area contributed by atoms with Gasteiger partial charge in [-0.3, -0.25) is 4.99 Å². The summed E-state index contributed by atoms with van der Waals surface area (Å²) in [6, 6.07) is 0. The third-order valence-corrected chi connectivity index (χ3v) is 4.18. The van der Waals surface area contributed by atoms with Gasteiger partial charge in [-0.15, -0.1) is 0 Å². The van der Waals surface area contributed by atoms with Gasteiger partial charge in [0.1, 0.15) is 0 Å². The molecule has 0 fully saturated rings. The molecule has 0 aliphatic carbocycles. The fourth-order valence-electron chi connectivity index (χ4n) is 3.05. The fourth-order valence-corrected chi connectivity index (χ4v) is 3.05. The van der Waals surface area contributed by atoms with E-state index in [1.807, 2.05) is 0 Å². The summed E-state index contributed by atoms with van der Waals surface area (Å²) in [6.45, 7) is 13.0. The average Bonchev–Trinajstić information content (AvgIpc) is 2.78. The molecule has 19 heavy (non-hydrogen) atoms. The maximum atomic E-state index is 4.71. The van der Waals surface area contributed by atoms with Crippen LogP contribution in [0.25, 0.3) is 6.08 Å². The Morgan fingerprint density at radius 2 is 1.74 bits per heavy atom. The maximum Gasteiger partial charge on any atom is 0.0686 e. The normalized spacial score (nSPS) is 17.6. The Morgan fingerprint density at radius 3 is 2.21 bits per heavy atom. The van der Waals surface area contributed by atoms with Gasteiger partial charge >= 0.3 is 0 Å². The molecule has 2 nitrogen and oxygen atoms in total. The molecular weight excluding hydrogens is 232 g/mol. The Labute approximate surface area is 116 Å². The Hall–Kier alpha value is -1.57. The van der Waals surface area contributed by atoms with E-state index in [9.17, 15) is 0 Å². The first-order chi connectivity index (χ1) is 8.99. The van der Waals surface area contributed by atoms with E-state index in [1.54, 1.807) is 0 Å². The summed E-state index contributed by atoms with van der Waals surface area (Å²) >= 11 is 0. The van der Waals surface area contributed by atoms with Crippen LogP contribution >= 0.6 is 0 Å². The van der Waals surface area contributed by atoms with Crippen molar-refractivity contribution in [2.75, 3.05) is 0 Å². The van der Waals surface area contributed by atoms with Gasteiger partial charge in [0.05, 0.1) is 5.70 Å². The number of aromatic nitrogens is 1. The first-order valence-corrected chi connectivity index (χ1v) is 7.15. The van der Waals surface area contributed by atoms with E-state index in [0.717, 1.165) is 18.5 Å². The summed E-state index contributed by atoms with van der Waals surface area (Å²) in [5.74, 6) is 0. The number of allylic oxidation sites excluding steroid dienone is 2. The summed E-state index contributed by atoms with van der Waals surface area (Å²) in [5.41, 5.74) is 10.3. The van der Waals surface area contributed by atoms with Crippen LogP contribution in [0.4, 0.5) is 0 Å². The number of aryl methyl sites for hydroxylation is 1. The van der Waals surface area contributed by atoms with E-state index in [-0.39, 0.29) is 0 Å². The Bertz CT molecular complexity index is 595. The lowest BCUT2D eigenvalue weighted by Crippen LogP contribution is -1.91. The topological polar surface area (TPSA) is 28.1 Å². The Kier molecular flexibility index (Phi) is 3.79. The molecule has 0 radical (unpaired) electrons. The number of aliphatic imine (C=N–C) groups is 1. The van der Waals surface area contributed by atoms with Gasteiger partial charge < -0.3 is 4.98 Å². The Balaban J connectivity index is 2.47. The number of nitrogens with one attached hydrogen (secondary N) is 1. The SMILES string of the molecule is CCC1=C(C)C(=Cc2[nH]c(C)c(CC)c2C)N=C1C. The monoisotopic (exact) mass is 256 g/mol. The molecule has 1 N–H and O–H groups in total. The largest absolute Gasteiger partial charge is 0.359 e. The van der Waals surface area contributed by atoms with Crippen LogP contribution in [-0.4, -0.2) is 10.7 Å². The quantitative estimate of drug-likeness (QED) is 0.809. The van der Waals surface area contributed by atoms with Gasteiger partial charge in [0.15, 0.2) is 0 Å². The standard InChI is InChI=1S/C17H24N2/c1-7-14-10(3)16(18-12(14)5)9-17-11(4)15(8-2)13(6)19-17/h9,18H,7-8H2,1-6H3. The van der Waals surface area contributed by atoms with Gasteiger partial charge in [-0.25, -0.2) is 0 Å². The second kappa shape index (κ2) is 5.20. The molecule has 0 saturated carbocycles. The third-order valence-electron chi connectivity index (χ3n) is 4.18. The number of hydrogen-bond acceptors (Lipinski definition) is 1. The molecule has 1 aromatic rings. The fraction of sp³-hybridized carbons (Fsp3) is 0.471. The molecular formula is C17H24N2. The van der Waals surface area contributed by atoms with E-state index in [0.29, 0.717) is 0 Å². The first-order valence-electron chi connectivity index (χ1n) is 7.15. The van der Waals surface area contributed by atoms with Crippen molar-refractivity contribution >= 4 is 11.8 Å². The molecule has 0 amide bonds. The van der Waals surface area contributed by atoms with Gasteiger partial charge in [0.25, 0.3) is 0 Å². The van der Waals surface area contributed by atoms with Crippen LogP contribution in [-0.2, 0) is 6.42 Å². The van der Waals surface area contributed by atoms with Crippen LogP contribution in [0, 0.1) is 13.8 Å². The predicted molar refractivity (Wildman–Crippen MR) is 83.7 cm³/mol. The average molecular weight is 256 g/mol. The van der Waals surface area contributed by atoms with Crippen LogP contribution in [0.5, 0.6) is 0 Å². The lowest BCUT2D eigenvalue weighted by atomic mass is 10.0. The summed E-state index contributed by atoms with van der Waals surface area (Å²) in [5, 5.41) is 0. The molecule has 0 bridgehead atoms. The second-order valence-electron chi connectivity index (χ2n) is 5.30. The van der Waals surface area contributed by atoms with Crippen LogP contribution in [0.15, 0.2) is 21.8 Å². The molecule has 0 aromatic carbocycles. The zero-order chi connectivity index (χ0) is 14.2. The van der Waals surface area contributed by atoms with Crippen molar-refractivity contribution in [3.8, 4) is 0 Å². The van der Waals surface area contributed by atoms with E-state index in [1.165, 1.54) is 39.4 Å². The van der Waals surface area contributed by atoms with Crippen molar-refractivity contribution in [3.05, 3.63) is 39.4 Å². The van der Waals surface area contributed by atoms with Gasteiger partial charge in [0.2, 0.25) is 0 Å². The minimum absolute atomic E-state index is 1.06. The molecule has 2 heteroatoms. The lowest BCUT2D eigenvalue weighted by Gasteiger charge is -2.00. The van der Waals surface area contributed by atoms with E-state index < -0.39 is 0 Å². The molecule has 0 saturated heterocycles. The van der Waals surface area contributed by atoms with Gasteiger partial charge in [-0.05, 0) is 68.9 Å². The molecule has 102 valence electrons. The highest BCUT2D eigenvalue weighted by Gasteiger charge is 2.17. The lowest BCUT2D eigenvalue weighted by molar-refractivity contribution is 1.08. The predicted octanol–water partition coefficient (Wildman–Crippen LogP) is 4.74. The highest BCUT2D eigenvalue weighted by atomic mass is 14.8. The van der Waals surface area contributed by atoms with Crippen LogP contribution in [0.3, 0.4) is 0 Å². The molecule has 1 aliphatic rings. The summed E-state index contributed by atoms with van der Waals surface area (Å²) < 4.78 is 0. The van der Waals surface area contributed by atoms with E-state index >= 15 is 0 Å². The van der Waals surface area contributed by atoms with Crippen LogP contribution < -0.4 is 0 Å². The molecule has 0 atom stereocenters. The molecule has 2 heterocycles. The zero-order valence-electron chi connectivity index (χ0n) is 12.9. The van der Waals surface area contributed by atoms with E-state index in [4.69, 9.17) is 4.99 Å². The molecule has 1 aromatic heterocycles. The number of nitrogens with zero attached hydrogens (tertiary/aromatic N) is 1. The van der Waals surface area contributed by atoms with Crippen molar-refractivity contribution in [2.45, 2.75) is 54.4 Å². The van der Waals surface area contributed by atoms with Crippen molar-refractivity contribution in [2.24, 2.45) is 4.99 Å². The summed E-state index contributed by atoms with van der Waals surface area (Å²) in [6.07, 6.45) is 4.33. The van der Waals surface area contributed by atoms with Crippen LogP contribution in [0.2, 0.25) is 0 Å². The van der Waals surface area contributed by atoms with Crippen molar-refractivity contribution < 1.29 is 0 Å². The minimum atomic E-state index is 1.06. The van der Waals surface area contributed by atoms with Crippen molar-refractivity contribution in [1.82, 2.24) is 4.98 Å². The second-order valence-corrected chi connectivity index (χ2v) is 5.30. The molecule has 2 rings (SSSR count). The smallest absolute Gasteiger partial charge is 0.0686 e. The number of hydrogen-bond donors (Lipinski definition) is 1. The molecule has 0 spiro atoms. The molecule has 0 unspecified atom stereocenters. The molecule has 1 aliphatic heterocycles. The number of H-pyrrole nitrogens is 1. The van der Waals surface area contributed by atoms with E-state index in [2.05, 4.69) is 52.6 Å². The van der Waals surface area contributed by atoms with Crippen LogP contribution in [0.1, 0.15) is 56.6 Å². The number of rotatable bonds is 3. The van der Waals surface area contributed by atoms with Crippen molar-refractivity contribution in [1.29, 1.82) is 0 Å². The number of aromatic amines is 1.